The van der Waals surface area contributed by atoms with E-state index in [-0.39, 0.29) is 0 Å². The van der Waals surface area contributed by atoms with Crippen LogP contribution in [0.3, 0.4) is 0 Å². The van der Waals surface area contributed by atoms with Crippen LogP contribution in [0.15, 0.2) is 30.3 Å². The zero-order valence-corrected chi connectivity index (χ0v) is 11.9. The Hall–Kier alpha value is -0.400. The largest absolute Gasteiger partial charge is 0.0843 e. The molecule has 0 saturated heterocycles. The monoisotopic (exact) mass is 304 g/mol. The van der Waals surface area contributed by atoms with Gasteiger partial charge >= 0.3 is 0 Å². The van der Waals surface area contributed by atoms with E-state index in [9.17, 15) is 0 Å². The molecule has 0 atom stereocenters. The second-order valence-electron chi connectivity index (χ2n) is 3.68. The predicted octanol–water partition coefficient (Wildman–Crippen LogP) is 6.28. The Bertz CT molecular complexity index is 576. The summed E-state index contributed by atoms with van der Waals surface area (Å²) in [6, 6.07) is 9.22. The van der Waals surface area contributed by atoms with Crippen LogP contribution in [0.1, 0.15) is 5.56 Å². The molecule has 0 nitrogen and oxygen atoms in total. The molecule has 0 N–H and O–H groups in total. The molecule has 0 radical (unpaired) electrons. The average Bonchev–Trinajstić information content (AvgIpc) is 2.28. The molecular formula is C13H8Cl4. The molecule has 0 aliphatic carbocycles. The molecule has 4 heteroatoms. The first kappa shape index (κ1) is 13.0. The highest BCUT2D eigenvalue weighted by molar-refractivity contribution is 6.49. The van der Waals surface area contributed by atoms with Crippen molar-refractivity contribution in [2.75, 3.05) is 0 Å². The Morgan fingerprint density at radius 1 is 0.765 bits per heavy atom. The summed E-state index contributed by atoms with van der Waals surface area (Å²) in [5.74, 6) is 0. The van der Waals surface area contributed by atoms with Crippen molar-refractivity contribution in [3.05, 3.63) is 56.0 Å². The van der Waals surface area contributed by atoms with Gasteiger partial charge in [0.25, 0.3) is 0 Å². The van der Waals surface area contributed by atoms with Crippen molar-refractivity contribution in [1.82, 2.24) is 0 Å². The highest BCUT2D eigenvalue weighted by Crippen LogP contribution is 2.39. The molecule has 0 fully saturated rings. The molecule has 0 saturated carbocycles. The Labute approximate surface area is 120 Å². The lowest BCUT2D eigenvalue weighted by Crippen LogP contribution is -1.86. The van der Waals surface area contributed by atoms with E-state index in [2.05, 4.69) is 0 Å². The Morgan fingerprint density at radius 2 is 1.41 bits per heavy atom. The van der Waals surface area contributed by atoms with E-state index in [0.717, 1.165) is 16.7 Å². The smallest absolute Gasteiger partial charge is 0.0784 e. The number of halogens is 4. The van der Waals surface area contributed by atoms with E-state index in [1.165, 1.54) is 0 Å². The quantitative estimate of drug-likeness (QED) is 0.544. The van der Waals surface area contributed by atoms with Gasteiger partial charge in [-0.2, -0.15) is 0 Å². The van der Waals surface area contributed by atoms with Gasteiger partial charge in [0.05, 0.1) is 15.1 Å². The molecule has 2 rings (SSSR count). The van der Waals surface area contributed by atoms with Crippen LogP contribution >= 0.6 is 46.4 Å². The van der Waals surface area contributed by atoms with Crippen LogP contribution in [0.5, 0.6) is 0 Å². The fourth-order valence-corrected chi connectivity index (χ4v) is 2.53. The molecule has 17 heavy (non-hydrogen) atoms. The Kier molecular flexibility index (Phi) is 3.89. The van der Waals surface area contributed by atoms with Gasteiger partial charge in [-0.3, -0.25) is 0 Å². The summed E-state index contributed by atoms with van der Waals surface area (Å²) >= 11 is 24.0. The molecule has 88 valence electrons. The number of hydrogen-bond donors (Lipinski definition) is 0. The van der Waals surface area contributed by atoms with E-state index in [4.69, 9.17) is 46.4 Å². The van der Waals surface area contributed by atoms with Gasteiger partial charge in [0.2, 0.25) is 0 Å². The molecule has 0 unspecified atom stereocenters. The van der Waals surface area contributed by atoms with Crippen LogP contribution in [0, 0.1) is 6.92 Å². The van der Waals surface area contributed by atoms with Crippen LogP contribution in [0.4, 0.5) is 0 Å². The summed E-state index contributed by atoms with van der Waals surface area (Å²) < 4.78 is 0. The van der Waals surface area contributed by atoms with Gasteiger partial charge < -0.3 is 0 Å². The van der Waals surface area contributed by atoms with Crippen LogP contribution < -0.4 is 0 Å². The predicted molar refractivity (Wildman–Crippen MR) is 76.7 cm³/mol. The molecule has 0 aromatic heterocycles. The average molecular weight is 306 g/mol. The van der Waals surface area contributed by atoms with Crippen molar-refractivity contribution < 1.29 is 0 Å². The van der Waals surface area contributed by atoms with E-state index >= 15 is 0 Å². The molecule has 2 aromatic rings. The van der Waals surface area contributed by atoms with Crippen molar-refractivity contribution in [2.45, 2.75) is 6.92 Å². The van der Waals surface area contributed by atoms with Crippen LogP contribution in [-0.2, 0) is 0 Å². The third-order valence-corrected chi connectivity index (χ3v) is 4.04. The minimum absolute atomic E-state index is 0.375. The standard InChI is InChI=1S/C13H8Cl4/c1-7-6-8(14)2-3-9(7)10-4-5-11(15)13(17)12(10)16/h2-6H,1H3. The number of rotatable bonds is 1. The first-order valence-electron chi connectivity index (χ1n) is 4.90. The first-order chi connectivity index (χ1) is 8.00. The third-order valence-electron chi connectivity index (χ3n) is 2.51. The zero-order chi connectivity index (χ0) is 12.6. The van der Waals surface area contributed by atoms with Gasteiger partial charge in [0.15, 0.2) is 0 Å². The molecule has 2 aromatic carbocycles. The van der Waals surface area contributed by atoms with Gasteiger partial charge in [-0.25, -0.2) is 0 Å². The van der Waals surface area contributed by atoms with Gasteiger partial charge in [-0.15, -0.1) is 0 Å². The lowest BCUT2D eigenvalue weighted by atomic mass is 10.0. The normalized spacial score (nSPS) is 10.6. The van der Waals surface area contributed by atoms with E-state index < -0.39 is 0 Å². The minimum Gasteiger partial charge on any atom is -0.0843 e. The van der Waals surface area contributed by atoms with Crippen LogP contribution in [0.2, 0.25) is 20.1 Å². The first-order valence-corrected chi connectivity index (χ1v) is 6.42. The summed E-state index contributed by atoms with van der Waals surface area (Å²) in [4.78, 5) is 0. The van der Waals surface area contributed by atoms with Gasteiger partial charge in [-0.1, -0.05) is 58.5 Å². The fourth-order valence-electron chi connectivity index (χ4n) is 1.66. The highest BCUT2D eigenvalue weighted by atomic mass is 35.5. The van der Waals surface area contributed by atoms with Crippen molar-refractivity contribution >= 4 is 46.4 Å². The van der Waals surface area contributed by atoms with Crippen LogP contribution in [-0.4, -0.2) is 0 Å². The summed E-state index contributed by atoms with van der Waals surface area (Å²) in [7, 11) is 0. The number of aryl methyl sites for hydroxylation is 1. The maximum absolute atomic E-state index is 6.20. The number of hydrogen-bond acceptors (Lipinski definition) is 0. The van der Waals surface area contributed by atoms with Crippen molar-refractivity contribution in [3.63, 3.8) is 0 Å². The van der Waals surface area contributed by atoms with E-state index in [1.807, 2.05) is 31.2 Å². The van der Waals surface area contributed by atoms with Gasteiger partial charge in [0.1, 0.15) is 0 Å². The lowest BCUT2D eigenvalue weighted by Gasteiger charge is -2.10. The Morgan fingerprint density at radius 3 is 2.06 bits per heavy atom. The molecule has 0 aliphatic rings. The van der Waals surface area contributed by atoms with E-state index in [1.54, 1.807) is 6.07 Å². The van der Waals surface area contributed by atoms with Crippen molar-refractivity contribution in [3.8, 4) is 11.1 Å². The highest BCUT2D eigenvalue weighted by Gasteiger charge is 2.12. The summed E-state index contributed by atoms with van der Waals surface area (Å²) in [5, 5.41) is 1.99. The second kappa shape index (κ2) is 5.07. The van der Waals surface area contributed by atoms with Gasteiger partial charge in [-0.05, 0) is 36.2 Å². The lowest BCUT2D eigenvalue weighted by molar-refractivity contribution is 1.46. The number of benzene rings is 2. The summed E-state index contributed by atoms with van der Waals surface area (Å²) in [6.45, 7) is 1.97. The molecule has 0 bridgehead atoms. The zero-order valence-electron chi connectivity index (χ0n) is 8.90. The summed E-state index contributed by atoms with van der Waals surface area (Å²) in [5.41, 5.74) is 2.89. The maximum atomic E-state index is 6.20. The van der Waals surface area contributed by atoms with Crippen molar-refractivity contribution in [1.29, 1.82) is 0 Å². The molecular weight excluding hydrogens is 298 g/mol. The second-order valence-corrected chi connectivity index (χ2v) is 5.28. The minimum atomic E-state index is 0.375. The van der Waals surface area contributed by atoms with Crippen LogP contribution in [0.25, 0.3) is 11.1 Å². The molecule has 0 spiro atoms. The maximum Gasteiger partial charge on any atom is 0.0784 e. The SMILES string of the molecule is Cc1cc(Cl)ccc1-c1ccc(Cl)c(Cl)c1Cl. The Balaban J connectivity index is 2.65. The topological polar surface area (TPSA) is 0 Å². The fraction of sp³-hybridized carbons (Fsp3) is 0.0769. The molecule has 0 amide bonds. The van der Waals surface area contributed by atoms with Gasteiger partial charge in [0, 0.05) is 10.6 Å². The molecule has 0 heterocycles. The third kappa shape index (κ3) is 2.56. The molecule has 0 aliphatic heterocycles. The summed E-state index contributed by atoms with van der Waals surface area (Å²) in [6.07, 6.45) is 0. The van der Waals surface area contributed by atoms with Crippen molar-refractivity contribution in [2.24, 2.45) is 0 Å². The van der Waals surface area contributed by atoms with E-state index in [0.29, 0.717) is 20.1 Å².